The zero-order valence-corrected chi connectivity index (χ0v) is 13.6. The molecule has 23 heavy (non-hydrogen) atoms. The summed E-state index contributed by atoms with van der Waals surface area (Å²) in [5.41, 5.74) is 1.21. The van der Waals surface area contributed by atoms with E-state index in [0.29, 0.717) is 10.9 Å². The molecule has 1 aromatic carbocycles. The topological polar surface area (TPSA) is 105 Å². The summed E-state index contributed by atoms with van der Waals surface area (Å²) < 4.78 is 26.8. The lowest BCUT2D eigenvalue weighted by atomic mass is 10.2. The molecule has 0 spiro atoms. The Kier molecular flexibility index (Phi) is 4.95. The molecule has 8 heteroatoms. The van der Waals surface area contributed by atoms with Gasteiger partial charge >= 0.3 is 0 Å². The van der Waals surface area contributed by atoms with E-state index in [1.165, 1.54) is 13.0 Å². The minimum atomic E-state index is -4.02. The Morgan fingerprint density at radius 2 is 2.00 bits per heavy atom. The van der Waals surface area contributed by atoms with Crippen LogP contribution in [-0.2, 0) is 19.6 Å². The Bertz CT molecular complexity index is 862. The first-order chi connectivity index (χ1) is 10.8. The van der Waals surface area contributed by atoms with Gasteiger partial charge in [-0.15, -0.1) is 0 Å². The fraction of sp³-hybridized carbons (Fsp3) is 0.267. The number of hydrogen-bond acceptors (Lipinski definition) is 5. The monoisotopic (exact) mass is 335 g/mol. The number of fused-ring (bicyclic) bond motifs is 1. The number of nitrogens with one attached hydrogen (secondary N) is 2. The number of rotatable bonds is 5. The highest BCUT2D eigenvalue weighted by Crippen LogP contribution is 2.21. The molecule has 0 aliphatic carbocycles. The molecule has 0 unspecified atom stereocenters. The average molecular weight is 335 g/mol. The molecule has 0 saturated heterocycles. The minimum absolute atomic E-state index is 0.0529. The third-order valence-electron chi connectivity index (χ3n) is 3.07. The molecule has 2 aromatic rings. The molecule has 0 bridgehead atoms. The number of nitrogens with zero attached hydrogens (tertiary/aromatic N) is 1. The van der Waals surface area contributed by atoms with Crippen molar-refractivity contribution in [2.75, 3.05) is 6.54 Å². The van der Waals surface area contributed by atoms with Crippen molar-refractivity contribution in [3.05, 3.63) is 36.0 Å². The quantitative estimate of drug-likeness (QED) is 0.843. The molecular weight excluding hydrogens is 318 g/mol. The van der Waals surface area contributed by atoms with Crippen molar-refractivity contribution < 1.29 is 18.0 Å². The fourth-order valence-corrected chi connectivity index (χ4v) is 3.26. The number of carbonyl (C=O) groups excluding carboxylic acids is 2. The van der Waals surface area contributed by atoms with Crippen molar-refractivity contribution in [1.82, 2.24) is 15.0 Å². The van der Waals surface area contributed by atoms with Gasteiger partial charge in [0.25, 0.3) is 10.0 Å². The van der Waals surface area contributed by atoms with Gasteiger partial charge < -0.3 is 5.32 Å². The van der Waals surface area contributed by atoms with Crippen molar-refractivity contribution in [2.45, 2.75) is 25.2 Å². The number of amides is 2. The van der Waals surface area contributed by atoms with Crippen molar-refractivity contribution >= 4 is 32.7 Å². The summed E-state index contributed by atoms with van der Waals surface area (Å²) >= 11 is 0. The molecular formula is C15H17N3O4S. The van der Waals surface area contributed by atoms with E-state index in [4.69, 9.17) is 0 Å². The zero-order chi connectivity index (χ0) is 17.0. The Hall–Kier alpha value is -2.48. The van der Waals surface area contributed by atoms with Gasteiger partial charge in [-0.2, -0.15) is 0 Å². The molecule has 0 fully saturated rings. The van der Waals surface area contributed by atoms with Gasteiger partial charge in [0.2, 0.25) is 11.8 Å². The highest BCUT2D eigenvalue weighted by Gasteiger charge is 2.20. The number of aryl methyl sites for hydroxylation is 1. The maximum Gasteiger partial charge on any atom is 0.266 e. The number of sulfonamides is 1. The van der Waals surface area contributed by atoms with E-state index < -0.39 is 15.9 Å². The first-order valence-electron chi connectivity index (χ1n) is 6.95. The van der Waals surface area contributed by atoms with Crippen LogP contribution >= 0.6 is 0 Å². The predicted octanol–water partition coefficient (Wildman–Crippen LogP) is 0.874. The number of para-hydroxylation sites is 1. The van der Waals surface area contributed by atoms with Crippen LogP contribution in [0, 0.1) is 6.92 Å². The first-order valence-corrected chi connectivity index (χ1v) is 8.43. The van der Waals surface area contributed by atoms with Gasteiger partial charge in [0.15, 0.2) is 0 Å². The van der Waals surface area contributed by atoms with Crippen LogP contribution in [0.1, 0.15) is 18.9 Å². The Morgan fingerprint density at radius 1 is 1.26 bits per heavy atom. The molecule has 1 heterocycles. The molecule has 7 nitrogen and oxygen atoms in total. The summed E-state index contributed by atoms with van der Waals surface area (Å²) in [5, 5.41) is 3.11. The van der Waals surface area contributed by atoms with Gasteiger partial charge in [-0.05, 0) is 24.6 Å². The van der Waals surface area contributed by atoms with Crippen molar-refractivity contribution in [2.24, 2.45) is 0 Å². The molecule has 0 atom stereocenters. The van der Waals surface area contributed by atoms with Crippen molar-refractivity contribution in [3.63, 3.8) is 0 Å². The summed E-state index contributed by atoms with van der Waals surface area (Å²) in [4.78, 5) is 26.6. The smallest absolute Gasteiger partial charge is 0.266 e. The van der Waals surface area contributed by atoms with E-state index >= 15 is 0 Å². The number of pyridine rings is 1. The number of carbonyl (C=O) groups is 2. The largest absolute Gasteiger partial charge is 0.356 e. The molecule has 0 saturated carbocycles. The van der Waals surface area contributed by atoms with Gasteiger partial charge in [-0.25, -0.2) is 13.1 Å². The summed E-state index contributed by atoms with van der Waals surface area (Å²) in [6.07, 6.45) is 1.44. The standard InChI is InChI=1S/C15H17N3O4S/c1-10-8-12-4-3-5-13(15(12)17-9-10)23(21,22)18-14(20)6-7-16-11(2)19/h3-5,8-9H,6-7H2,1-2H3,(H,16,19)(H,18,20). The average Bonchev–Trinajstić information content (AvgIpc) is 2.45. The normalized spacial score (nSPS) is 11.2. The van der Waals surface area contributed by atoms with Gasteiger partial charge in [-0.1, -0.05) is 12.1 Å². The minimum Gasteiger partial charge on any atom is -0.356 e. The SMILES string of the molecule is CC(=O)NCCC(=O)NS(=O)(=O)c1cccc2cc(C)cnc12. The van der Waals surface area contributed by atoms with E-state index in [-0.39, 0.29) is 23.8 Å². The van der Waals surface area contributed by atoms with Crippen LogP contribution < -0.4 is 10.0 Å². The van der Waals surface area contributed by atoms with Gasteiger partial charge in [0, 0.05) is 31.5 Å². The molecule has 1 aromatic heterocycles. The molecule has 2 amide bonds. The van der Waals surface area contributed by atoms with E-state index in [0.717, 1.165) is 5.56 Å². The van der Waals surface area contributed by atoms with Crippen LogP contribution in [0.3, 0.4) is 0 Å². The molecule has 0 aliphatic heterocycles. The Balaban J connectivity index is 2.23. The predicted molar refractivity (Wildman–Crippen MR) is 85.1 cm³/mol. The maximum absolute atomic E-state index is 12.4. The molecule has 0 radical (unpaired) electrons. The highest BCUT2D eigenvalue weighted by atomic mass is 32.2. The first kappa shape index (κ1) is 16.9. The lowest BCUT2D eigenvalue weighted by Crippen LogP contribution is -2.33. The Labute approximate surface area is 134 Å². The lowest BCUT2D eigenvalue weighted by Gasteiger charge is -2.09. The number of benzene rings is 1. The van der Waals surface area contributed by atoms with Crippen molar-refractivity contribution in [1.29, 1.82) is 0 Å². The van der Waals surface area contributed by atoms with E-state index in [1.54, 1.807) is 18.3 Å². The van der Waals surface area contributed by atoms with Gasteiger partial charge in [0.1, 0.15) is 4.90 Å². The lowest BCUT2D eigenvalue weighted by molar-refractivity contribution is -0.120. The zero-order valence-electron chi connectivity index (χ0n) is 12.8. The van der Waals surface area contributed by atoms with Gasteiger partial charge in [-0.3, -0.25) is 14.6 Å². The van der Waals surface area contributed by atoms with E-state index in [1.807, 2.05) is 17.7 Å². The molecule has 2 N–H and O–H groups in total. The van der Waals surface area contributed by atoms with Crippen LogP contribution in [0.4, 0.5) is 0 Å². The summed E-state index contributed by atoms with van der Waals surface area (Å²) in [6, 6.07) is 6.57. The molecule has 2 rings (SSSR count). The van der Waals surface area contributed by atoms with Gasteiger partial charge in [0.05, 0.1) is 5.52 Å². The molecule has 0 aliphatic rings. The molecule has 122 valence electrons. The van der Waals surface area contributed by atoms with E-state index in [9.17, 15) is 18.0 Å². The Morgan fingerprint density at radius 3 is 2.70 bits per heavy atom. The van der Waals surface area contributed by atoms with Crippen LogP contribution in [0.2, 0.25) is 0 Å². The van der Waals surface area contributed by atoms with Crippen molar-refractivity contribution in [3.8, 4) is 0 Å². The highest BCUT2D eigenvalue weighted by molar-refractivity contribution is 7.90. The van der Waals surface area contributed by atoms with Crippen LogP contribution in [0.5, 0.6) is 0 Å². The summed E-state index contributed by atoms with van der Waals surface area (Å²) in [7, 11) is -4.02. The fourth-order valence-electron chi connectivity index (χ4n) is 2.07. The third-order valence-corrected chi connectivity index (χ3v) is 4.48. The van der Waals surface area contributed by atoms with E-state index in [2.05, 4.69) is 10.3 Å². The second-order valence-electron chi connectivity index (χ2n) is 5.10. The second kappa shape index (κ2) is 6.74. The number of aromatic nitrogens is 1. The third kappa shape index (κ3) is 4.26. The van der Waals surface area contributed by atoms with Crippen LogP contribution in [0.25, 0.3) is 10.9 Å². The summed E-state index contributed by atoms with van der Waals surface area (Å²) in [5.74, 6) is -0.975. The maximum atomic E-state index is 12.4. The van der Waals surface area contributed by atoms with Crippen LogP contribution in [0.15, 0.2) is 35.4 Å². The van der Waals surface area contributed by atoms with Crippen LogP contribution in [-0.4, -0.2) is 31.8 Å². The number of hydrogen-bond donors (Lipinski definition) is 2. The second-order valence-corrected chi connectivity index (χ2v) is 6.75. The summed E-state index contributed by atoms with van der Waals surface area (Å²) in [6.45, 7) is 3.25.